The van der Waals surface area contributed by atoms with Gasteiger partial charge in [-0.15, -0.1) is 16.8 Å². The van der Waals surface area contributed by atoms with Crippen molar-refractivity contribution < 1.29 is 38.4 Å². The molecule has 1 aliphatic heterocycles. The van der Waals surface area contributed by atoms with Crippen LogP contribution in [0.2, 0.25) is 0 Å². The molecule has 3 aromatic carbocycles. The maximum atomic E-state index is 11.4. The highest BCUT2D eigenvalue weighted by atomic mass is 79.9. The summed E-state index contributed by atoms with van der Waals surface area (Å²) in [5.74, 6) is 5.80. The van der Waals surface area contributed by atoms with Crippen molar-refractivity contribution in [2.45, 2.75) is 43.3 Å². The highest BCUT2D eigenvalue weighted by Crippen LogP contribution is 2.47. The third-order valence-electron chi connectivity index (χ3n) is 7.00. The van der Waals surface area contributed by atoms with E-state index in [4.69, 9.17) is 28.4 Å². The fourth-order valence-electron chi connectivity index (χ4n) is 4.85. The summed E-state index contributed by atoms with van der Waals surface area (Å²) < 4.78 is 36.1. The Balaban J connectivity index is 1.57. The third-order valence-corrected chi connectivity index (χ3v) is 8.50. The second-order valence-electron chi connectivity index (χ2n) is 9.81. The molecule has 0 saturated carbocycles. The molecule has 1 saturated heterocycles. The van der Waals surface area contributed by atoms with Crippen molar-refractivity contribution in [3.8, 4) is 40.7 Å². The number of thioether (sulfide) groups is 1. The van der Waals surface area contributed by atoms with Gasteiger partial charge in [0.2, 0.25) is 5.75 Å². The molecule has 11 heteroatoms. The molecule has 0 aliphatic carbocycles. The zero-order chi connectivity index (χ0) is 31.6. The Hall–Kier alpha value is -3.56. The van der Waals surface area contributed by atoms with Gasteiger partial charge in [0.25, 0.3) is 5.91 Å². The molecule has 0 spiro atoms. The van der Waals surface area contributed by atoms with Gasteiger partial charge in [0.05, 0.1) is 47.3 Å². The molecule has 0 radical (unpaired) electrons. The number of halogens is 1. The monoisotopic (exact) mass is 685 g/mol. The maximum Gasteiger partial charge on any atom is 0.255 e. The van der Waals surface area contributed by atoms with Crippen LogP contribution in [-0.2, 0) is 16.0 Å². The molecule has 1 N–H and O–H groups in total. The summed E-state index contributed by atoms with van der Waals surface area (Å²) in [6, 6.07) is 18.3. The molecule has 1 aliphatic rings. The van der Waals surface area contributed by atoms with Crippen LogP contribution in [0.5, 0.6) is 28.7 Å². The van der Waals surface area contributed by atoms with Crippen molar-refractivity contribution in [1.29, 1.82) is 0 Å². The largest absolute Gasteiger partial charge is 0.493 e. The van der Waals surface area contributed by atoms with Gasteiger partial charge in [-0.3, -0.25) is 10.0 Å². The number of hydrogen-bond donors (Lipinski definition) is 1. The summed E-state index contributed by atoms with van der Waals surface area (Å²) >= 11 is 5.15. The first kappa shape index (κ1) is 33.3. The van der Waals surface area contributed by atoms with Gasteiger partial charge >= 0.3 is 0 Å². The first-order valence-electron chi connectivity index (χ1n) is 13.9. The number of methoxy groups -OCH3 is 4. The van der Waals surface area contributed by atoms with Crippen molar-refractivity contribution in [3.05, 3.63) is 69.7 Å². The second kappa shape index (κ2) is 16.0. The van der Waals surface area contributed by atoms with E-state index in [0.29, 0.717) is 46.2 Å². The molecule has 2 atom stereocenters. The predicted molar refractivity (Wildman–Crippen MR) is 171 cm³/mol. The molecule has 2 unspecified atom stereocenters. The van der Waals surface area contributed by atoms with Crippen LogP contribution in [0.25, 0.3) is 0 Å². The van der Waals surface area contributed by atoms with Crippen molar-refractivity contribution in [1.82, 2.24) is 5.06 Å². The van der Waals surface area contributed by atoms with E-state index in [2.05, 4.69) is 27.9 Å². The van der Waals surface area contributed by atoms with E-state index in [9.17, 15) is 10.0 Å². The van der Waals surface area contributed by atoms with Gasteiger partial charge in [0.1, 0.15) is 0 Å². The number of ether oxygens (including phenoxy) is 6. The van der Waals surface area contributed by atoms with Gasteiger partial charge < -0.3 is 28.4 Å². The second-order valence-corrected chi connectivity index (χ2v) is 11.9. The van der Waals surface area contributed by atoms with Gasteiger partial charge in [-0.05, 0) is 72.5 Å². The van der Waals surface area contributed by atoms with E-state index in [-0.39, 0.29) is 18.6 Å². The standard InChI is InChI=1S/C33H36BrNO8S/c1-21(36)35(37)14-6-7-22-17-23(18-29(38-2)32(22)42-15-16-44-26-10-8-25(34)9-11-26)27-12-13-28(43-27)24-19-30(39-3)33(41-5)31(20-24)40-4/h8-11,17-20,27-28,37H,7,12-13,15-16H2,1-5H3. The van der Waals surface area contributed by atoms with E-state index in [1.807, 2.05) is 48.5 Å². The van der Waals surface area contributed by atoms with Crippen molar-refractivity contribution >= 4 is 33.6 Å². The van der Waals surface area contributed by atoms with Crippen LogP contribution in [-0.4, -0.2) is 57.0 Å². The Bertz CT molecular complexity index is 1480. The van der Waals surface area contributed by atoms with Crippen molar-refractivity contribution in [2.75, 3.05) is 40.8 Å². The van der Waals surface area contributed by atoms with E-state index in [0.717, 1.165) is 38.9 Å². The fraction of sp³-hybridized carbons (Fsp3) is 0.364. The summed E-state index contributed by atoms with van der Waals surface area (Å²) in [7, 11) is 6.35. The predicted octanol–water partition coefficient (Wildman–Crippen LogP) is 6.99. The topological polar surface area (TPSA) is 95.9 Å². The molecule has 1 amide bonds. The number of benzene rings is 3. The number of hydrogen-bond acceptors (Lipinski definition) is 9. The van der Waals surface area contributed by atoms with Crippen LogP contribution < -0.4 is 23.7 Å². The third kappa shape index (κ3) is 8.33. The molecule has 3 aromatic rings. The normalized spacial score (nSPS) is 15.6. The van der Waals surface area contributed by atoms with Crippen LogP contribution in [0.3, 0.4) is 0 Å². The Morgan fingerprint density at radius 1 is 0.932 bits per heavy atom. The average Bonchev–Trinajstić information content (AvgIpc) is 3.53. The number of hydroxylamine groups is 2. The minimum atomic E-state index is -0.567. The molecule has 44 heavy (non-hydrogen) atoms. The minimum Gasteiger partial charge on any atom is -0.493 e. The van der Waals surface area contributed by atoms with E-state index in [1.54, 1.807) is 40.2 Å². The average molecular weight is 687 g/mol. The molecule has 1 heterocycles. The lowest BCUT2D eigenvalue weighted by atomic mass is 9.99. The molecule has 0 bridgehead atoms. The van der Waals surface area contributed by atoms with Crippen LogP contribution in [0.4, 0.5) is 0 Å². The smallest absolute Gasteiger partial charge is 0.255 e. The summed E-state index contributed by atoms with van der Waals surface area (Å²) in [5, 5.41) is 10.1. The van der Waals surface area contributed by atoms with Gasteiger partial charge in [0.15, 0.2) is 23.0 Å². The number of nitrogens with zero attached hydrogens (tertiary/aromatic N) is 1. The highest BCUT2D eigenvalue weighted by Gasteiger charge is 2.31. The number of carbonyl (C=O) groups is 1. The lowest BCUT2D eigenvalue weighted by Gasteiger charge is -2.20. The molecule has 1 fully saturated rings. The lowest BCUT2D eigenvalue weighted by molar-refractivity contribution is -0.149. The molecular weight excluding hydrogens is 650 g/mol. The SMILES string of the molecule is COc1cc(C2CCC(c3cc(OC)c(OC)c(OC)c3)O2)cc(CC#CN(O)C(C)=O)c1OCCSc1ccc(Br)cc1. The van der Waals surface area contributed by atoms with Crippen molar-refractivity contribution in [2.24, 2.45) is 0 Å². The van der Waals surface area contributed by atoms with Gasteiger partial charge in [-0.2, -0.15) is 0 Å². The summed E-state index contributed by atoms with van der Waals surface area (Å²) in [5.41, 5.74) is 2.60. The zero-order valence-electron chi connectivity index (χ0n) is 25.3. The summed E-state index contributed by atoms with van der Waals surface area (Å²) in [6.45, 7) is 1.66. The van der Waals surface area contributed by atoms with Gasteiger partial charge in [0, 0.05) is 40.1 Å². The summed E-state index contributed by atoms with van der Waals surface area (Å²) in [6.07, 6.45) is 1.37. The maximum absolute atomic E-state index is 11.4. The number of amides is 1. The van der Waals surface area contributed by atoms with Crippen LogP contribution in [0.1, 0.15) is 48.7 Å². The first-order chi connectivity index (χ1) is 21.3. The number of carbonyl (C=O) groups excluding carboxylic acids is 1. The molecule has 4 rings (SSSR count). The first-order valence-corrected chi connectivity index (χ1v) is 15.7. The van der Waals surface area contributed by atoms with Crippen LogP contribution in [0.15, 0.2) is 57.9 Å². The fourth-order valence-corrected chi connectivity index (χ4v) is 5.85. The molecule has 234 valence electrons. The molecular formula is C33H36BrNO8S. The quantitative estimate of drug-likeness (QED) is 0.0541. The van der Waals surface area contributed by atoms with Crippen LogP contribution >= 0.6 is 27.7 Å². The highest BCUT2D eigenvalue weighted by molar-refractivity contribution is 9.10. The molecule has 0 aromatic heterocycles. The van der Waals surface area contributed by atoms with E-state index < -0.39 is 5.91 Å². The van der Waals surface area contributed by atoms with Crippen LogP contribution in [0, 0.1) is 12.0 Å². The van der Waals surface area contributed by atoms with Crippen molar-refractivity contribution in [3.63, 3.8) is 0 Å². The Morgan fingerprint density at radius 3 is 2.05 bits per heavy atom. The van der Waals surface area contributed by atoms with E-state index in [1.165, 1.54) is 6.92 Å². The molecule has 9 nitrogen and oxygen atoms in total. The zero-order valence-corrected chi connectivity index (χ0v) is 27.7. The lowest BCUT2D eigenvalue weighted by Crippen LogP contribution is -2.18. The Labute approximate surface area is 270 Å². The van der Waals surface area contributed by atoms with E-state index >= 15 is 0 Å². The minimum absolute atomic E-state index is 0.187. The Morgan fingerprint density at radius 2 is 1.50 bits per heavy atom. The number of rotatable bonds is 12. The van der Waals surface area contributed by atoms with Gasteiger partial charge in [-0.25, -0.2) is 0 Å². The van der Waals surface area contributed by atoms with Gasteiger partial charge in [-0.1, -0.05) is 21.9 Å². The Kier molecular flexibility index (Phi) is 12.1. The summed E-state index contributed by atoms with van der Waals surface area (Å²) in [4.78, 5) is 12.6.